The van der Waals surface area contributed by atoms with Crippen LogP contribution in [0.3, 0.4) is 0 Å². The summed E-state index contributed by atoms with van der Waals surface area (Å²) < 4.78 is 11.4. The van der Waals surface area contributed by atoms with Gasteiger partial charge in [-0.2, -0.15) is 0 Å². The zero-order valence-corrected chi connectivity index (χ0v) is 26.2. The molecule has 1 aliphatic heterocycles. The normalized spacial score (nSPS) is 14.8. The Morgan fingerprint density at radius 1 is 1.10 bits per heavy atom. The van der Waals surface area contributed by atoms with E-state index in [2.05, 4.69) is 53.7 Å². The van der Waals surface area contributed by atoms with Gasteiger partial charge >= 0.3 is 5.97 Å². The Bertz CT molecular complexity index is 1120. The van der Waals surface area contributed by atoms with Gasteiger partial charge in [0.1, 0.15) is 28.0 Å². The van der Waals surface area contributed by atoms with E-state index in [1.54, 1.807) is 11.1 Å². The van der Waals surface area contributed by atoms with Gasteiger partial charge in [0.15, 0.2) is 8.32 Å². The average molecular weight is 597 g/mol. The number of anilines is 2. The average Bonchev–Trinajstić information content (AvgIpc) is 2.86. The lowest BCUT2D eigenvalue weighted by atomic mass is 9.93. The molecular formula is C27H39Cl2N5O4Si. The summed E-state index contributed by atoms with van der Waals surface area (Å²) in [5, 5.41) is 0.0190. The van der Waals surface area contributed by atoms with Gasteiger partial charge in [-0.05, 0) is 55.9 Å². The minimum absolute atomic E-state index is 0.00872. The first-order chi connectivity index (χ1) is 18.3. The number of halogens is 2. The van der Waals surface area contributed by atoms with E-state index in [4.69, 9.17) is 32.4 Å². The van der Waals surface area contributed by atoms with Crippen LogP contribution in [-0.2, 0) is 14.0 Å². The molecule has 9 nitrogen and oxygen atoms in total. The SMILES string of the molecule is CCOC(=O)CC1CCN(c2ccc(N(CCO[Si](C)(C)C(C)(C)C)C(=O)c3c(Cl)ncnc3Cl)cn2)CC1. The van der Waals surface area contributed by atoms with E-state index in [1.807, 2.05) is 19.1 Å². The summed E-state index contributed by atoms with van der Waals surface area (Å²) in [6.45, 7) is 15.3. The van der Waals surface area contributed by atoms with Gasteiger partial charge in [0.05, 0.1) is 25.1 Å². The third kappa shape index (κ3) is 8.12. The molecule has 3 rings (SSSR count). The maximum absolute atomic E-state index is 13.7. The lowest BCUT2D eigenvalue weighted by Gasteiger charge is -2.37. The molecule has 2 aromatic heterocycles. The van der Waals surface area contributed by atoms with Crippen molar-refractivity contribution in [2.45, 2.75) is 65.1 Å². The number of nitrogens with zero attached hydrogens (tertiary/aromatic N) is 5. The molecule has 0 N–H and O–H groups in total. The quantitative estimate of drug-likeness (QED) is 0.187. The smallest absolute Gasteiger partial charge is 0.306 e. The Labute approximate surface area is 242 Å². The predicted octanol–water partition coefficient (Wildman–Crippen LogP) is 6.02. The van der Waals surface area contributed by atoms with E-state index in [-0.39, 0.29) is 33.4 Å². The van der Waals surface area contributed by atoms with Crippen molar-refractivity contribution in [3.05, 3.63) is 40.5 Å². The second kappa shape index (κ2) is 13.4. The largest absolute Gasteiger partial charge is 0.466 e. The van der Waals surface area contributed by atoms with E-state index in [0.717, 1.165) is 31.7 Å². The Kier molecular flexibility index (Phi) is 10.7. The Morgan fingerprint density at radius 3 is 2.28 bits per heavy atom. The number of carbonyl (C=O) groups is 2. The maximum atomic E-state index is 13.7. The van der Waals surface area contributed by atoms with Crippen LogP contribution in [0, 0.1) is 5.92 Å². The molecule has 2 aromatic rings. The Hall–Kier alpha value is -2.27. The van der Waals surface area contributed by atoms with Gasteiger partial charge < -0.3 is 19.0 Å². The lowest BCUT2D eigenvalue weighted by Crippen LogP contribution is -2.43. The third-order valence-electron chi connectivity index (χ3n) is 7.54. The van der Waals surface area contributed by atoms with Crippen LogP contribution in [0.4, 0.5) is 11.5 Å². The van der Waals surface area contributed by atoms with Crippen LogP contribution in [0.2, 0.25) is 28.4 Å². The molecule has 1 saturated heterocycles. The standard InChI is InChI=1S/C27H39Cl2N5O4Si/c1-7-37-22(35)16-19-10-12-33(13-11-19)21-9-8-20(17-30-21)34(14-15-38-39(5,6)27(2,3)4)26(36)23-24(28)31-18-32-25(23)29/h8-9,17-19H,7,10-16H2,1-6H3. The highest BCUT2D eigenvalue weighted by Crippen LogP contribution is 2.36. The van der Waals surface area contributed by atoms with Gasteiger partial charge in [-0.15, -0.1) is 0 Å². The monoisotopic (exact) mass is 595 g/mol. The van der Waals surface area contributed by atoms with Crippen molar-refractivity contribution in [1.82, 2.24) is 15.0 Å². The number of rotatable bonds is 10. The van der Waals surface area contributed by atoms with Crippen molar-refractivity contribution in [1.29, 1.82) is 0 Å². The molecule has 214 valence electrons. The minimum atomic E-state index is -2.03. The molecule has 0 radical (unpaired) electrons. The summed E-state index contributed by atoms with van der Waals surface area (Å²) in [6, 6.07) is 3.77. The van der Waals surface area contributed by atoms with E-state index < -0.39 is 14.2 Å². The summed E-state index contributed by atoms with van der Waals surface area (Å²) in [7, 11) is -2.03. The number of amides is 1. The predicted molar refractivity (Wildman–Crippen MR) is 157 cm³/mol. The molecular weight excluding hydrogens is 557 g/mol. The molecule has 3 heterocycles. The number of piperidine rings is 1. The zero-order chi connectivity index (χ0) is 28.8. The van der Waals surface area contributed by atoms with Crippen molar-refractivity contribution in [3.8, 4) is 0 Å². The van der Waals surface area contributed by atoms with Crippen molar-refractivity contribution >= 4 is 54.9 Å². The number of hydrogen-bond acceptors (Lipinski definition) is 8. The highest BCUT2D eigenvalue weighted by atomic mass is 35.5. The van der Waals surface area contributed by atoms with Crippen LogP contribution >= 0.6 is 23.2 Å². The maximum Gasteiger partial charge on any atom is 0.306 e. The molecule has 12 heteroatoms. The molecule has 1 aliphatic rings. The van der Waals surface area contributed by atoms with Crippen LogP contribution in [0.25, 0.3) is 0 Å². The van der Waals surface area contributed by atoms with Crippen molar-refractivity contribution in [2.75, 3.05) is 42.6 Å². The van der Waals surface area contributed by atoms with Crippen molar-refractivity contribution < 1.29 is 18.8 Å². The van der Waals surface area contributed by atoms with Crippen LogP contribution in [0.15, 0.2) is 24.7 Å². The Balaban J connectivity index is 1.76. The van der Waals surface area contributed by atoms with Crippen LogP contribution in [0.5, 0.6) is 0 Å². The summed E-state index contributed by atoms with van der Waals surface area (Å²) in [5.74, 6) is 0.581. The third-order valence-corrected chi connectivity index (χ3v) is 12.7. The van der Waals surface area contributed by atoms with Crippen LogP contribution in [0.1, 0.15) is 57.3 Å². The van der Waals surface area contributed by atoms with Crippen molar-refractivity contribution in [3.63, 3.8) is 0 Å². The van der Waals surface area contributed by atoms with Gasteiger partial charge in [-0.25, -0.2) is 15.0 Å². The highest BCUT2D eigenvalue weighted by Gasteiger charge is 2.37. The topological polar surface area (TPSA) is 97.8 Å². The number of pyridine rings is 1. The number of hydrogen-bond donors (Lipinski definition) is 0. The van der Waals surface area contributed by atoms with E-state index in [1.165, 1.54) is 6.33 Å². The van der Waals surface area contributed by atoms with Gasteiger partial charge in [-0.1, -0.05) is 44.0 Å². The Morgan fingerprint density at radius 2 is 1.74 bits per heavy atom. The van der Waals surface area contributed by atoms with Crippen LogP contribution < -0.4 is 9.80 Å². The first kappa shape index (κ1) is 31.3. The van der Waals surface area contributed by atoms with E-state index in [0.29, 0.717) is 31.2 Å². The molecule has 0 atom stereocenters. The van der Waals surface area contributed by atoms with Crippen molar-refractivity contribution in [2.24, 2.45) is 5.92 Å². The second-order valence-corrected chi connectivity index (χ2v) is 16.7. The number of esters is 1. The molecule has 1 fully saturated rings. The second-order valence-electron chi connectivity index (χ2n) is 11.2. The fraction of sp³-hybridized carbons (Fsp3) is 0.593. The fourth-order valence-corrected chi connectivity index (χ4v) is 5.67. The first-order valence-electron chi connectivity index (χ1n) is 13.3. The molecule has 1 amide bonds. The summed E-state index contributed by atoms with van der Waals surface area (Å²) in [4.78, 5) is 41.8. The zero-order valence-electron chi connectivity index (χ0n) is 23.7. The molecule has 0 saturated carbocycles. The molecule has 0 spiro atoms. The molecule has 0 bridgehead atoms. The molecule has 0 aromatic carbocycles. The van der Waals surface area contributed by atoms with Crippen LogP contribution in [-0.4, -0.2) is 68.0 Å². The van der Waals surface area contributed by atoms with E-state index >= 15 is 0 Å². The van der Waals surface area contributed by atoms with Gasteiger partial charge in [0, 0.05) is 26.1 Å². The molecule has 0 unspecified atom stereocenters. The number of aromatic nitrogens is 3. The lowest BCUT2D eigenvalue weighted by molar-refractivity contribution is -0.144. The first-order valence-corrected chi connectivity index (χ1v) is 17.0. The summed E-state index contributed by atoms with van der Waals surface area (Å²) in [5.41, 5.74) is 0.636. The highest BCUT2D eigenvalue weighted by molar-refractivity contribution is 6.74. The summed E-state index contributed by atoms with van der Waals surface area (Å²) in [6.07, 6.45) is 5.14. The van der Waals surface area contributed by atoms with E-state index in [9.17, 15) is 9.59 Å². The molecule has 39 heavy (non-hydrogen) atoms. The molecule has 0 aliphatic carbocycles. The summed E-state index contributed by atoms with van der Waals surface area (Å²) >= 11 is 12.5. The number of carbonyl (C=O) groups excluding carboxylic acids is 2. The van der Waals surface area contributed by atoms with Gasteiger partial charge in [0.25, 0.3) is 5.91 Å². The fourth-order valence-electron chi connectivity index (χ4n) is 4.16. The number of ether oxygens (including phenoxy) is 1. The minimum Gasteiger partial charge on any atom is -0.466 e. The van der Waals surface area contributed by atoms with Gasteiger partial charge in [-0.3, -0.25) is 9.59 Å². The van der Waals surface area contributed by atoms with Gasteiger partial charge in [0.2, 0.25) is 0 Å².